The van der Waals surface area contributed by atoms with Crippen LogP contribution in [0.25, 0.3) is 16.1 Å². The predicted molar refractivity (Wildman–Crippen MR) is 122 cm³/mol. The molecule has 4 rings (SSSR count). The van der Waals surface area contributed by atoms with E-state index >= 15 is 0 Å². The van der Waals surface area contributed by atoms with E-state index < -0.39 is 0 Å². The zero-order valence-electron chi connectivity index (χ0n) is 16.6. The molecular formula is C22H21N3O3S2. The van der Waals surface area contributed by atoms with Crippen LogP contribution in [0.15, 0.2) is 52.9 Å². The molecule has 8 heteroatoms. The fraction of sp³-hybridized carbons (Fsp3) is 0.227. The molecule has 0 saturated heterocycles. The summed E-state index contributed by atoms with van der Waals surface area (Å²) < 4.78 is 5.25. The van der Waals surface area contributed by atoms with Gasteiger partial charge < -0.3 is 14.7 Å². The van der Waals surface area contributed by atoms with E-state index in [1.165, 1.54) is 11.3 Å². The van der Waals surface area contributed by atoms with Crippen molar-refractivity contribution in [3.8, 4) is 10.6 Å². The third-order valence-electron chi connectivity index (χ3n) is 4.56. The Labute approximate surface area is 182 Å². The van der Waals surface area contributed by atoms with Gasteiger partial charge in [0.15, 0.2) is 0 Å². The Bertz CT molecular complexity index is 1100. The van der Waals surface area contributed by atoms with E-state index in [9.17, 15) is 9.90 Å². The topological polar surface area (TPSA) is 86.5 Å². The molecule has 0 radical (unpaired) electrons. The summed E-state index contributed by atoms with van der Waals surface area (Å²) in [6.07, 6.45) is 0. The Kier molecular flexibility index (Phi) is 5.69. The Morgan fingerprint density at radius 2 is 2.03 bits per heavy atom. The number of benzene rings is 1. The fourth-order valence-corrected chi connectivity index (χ4v) is 4.70. The number of amidine groups is 1. The number of nitrogens with one attached hydrogen (secondary N) is 1. The molecule has 1 aliphatic rings. The first kappa shape index (κ1) is 20.3. The van der Waals surface area contributed by atoms with Crippen LogP contribution in [-0.4, -0.2) is 35.0 Å². The van der Waals surface area contributed by atoms with Gasteiger partial charge >= 0.3 is 5.97 Å². The monoisotopic (exact) mass is 439 g/mol. The number of ether oxygens (including phenoxy) is 1. The fourth-order valence-electron chi connectivity index (χ4n) is 3.05. The second-order valence-electron chi connectivity index (χ2n) is 7.31. The molecule has 2 N–H and O–H groups in total. The van der Waals surface area contributed by atoms with Crippen LogP contribution in [0.2, 0.25) is 0 Å². The maximum Gasteiger partial charge on any atom is 0.338 e. The highest BCUT2D eigenvalue weighted by Crippen LogP contribution is 2.35. The number of hydrogen-bond donors (Lipinski definition) is 2. The predicted octanol–water partition coefficient (Wildman–Crippen LogP) is 5.45. The number of anilines is 1. The lowest BCUT2D eigenvalue weighted by atomic mass is 10.2. The average molecular weight is 440 g/mol. The standard InChI is InChI=1S/C22H21N3O3S2/c1-13(2)11-28-22(27)14-5-7-15(8-6-14)25-10-17(26)19(20(25)23)21-24-16(12-30-21)18-4-3-9-29-18/h3-9,12-13,23,26H,10-11H2,1-2H3. The van der Waals surface area contributed by atoms with Crippen LogP contribution < -0.4 is 4.90 Å². The smallest absolute Gasteiger partial charge is 0.338 e. The first-order chi connectivity index (χ1) is 14.4. The molecule has 0 fully saturated rings. The van der Waals surface area contributed by atoms with Crippen LogP contribution in [0.3, 0.4) is 0 Å². The van der Waals surface area contributed by atoms with Crippen LogP contribution in [-0.2, 0) is 4.74 Å². The van der Waals surface area contributed by atoms with Crippen molar-refractivity contribution in [2.45, 2.75) is 13.8 Å². The number of hydrogen-bond acceptors (Lipinski definition) is 7. The molecule has 3 aromatic rings. The number of rotatable bonds is 6. The number of thiophene rings is 1. The SMILES string of the molecule is CC(C)COC(=O)c1ccc(N2CC(O)=C(c3nc(-c4cccs4)cs3)C2=N)cc1. The maximum atomic E-state index is 12.1. The quantitative estimate of drug-likeness (QED) is 0.499. The molecule has 0 aliphatic carbocycles. The molecule has 3 heterocycles. The van der Waals surface area contributed by atoms with Gasteiger partial charge in [-0.15, -0.1) is 22.7 Å². The van der Waals surface area contributed by atoms with Gasteiger partial charge in [-0.3, -0.25) is 5.41 Å². The molecular weight excluding hydrogens is 418 g/mol. The van der Waals surface area contributed by atoms with E-state index in [0.29, 0.717) is 22.8 Å². The van der Waals surface area contributed by atoms with Crippen molar-refractivity contribution < 1.29 is 14.6 Å². The summed E-state index contributed by atoms with van der Waals surface area (Å²) in [7, 11) is 0. The zero-order valence-corrected chi connectivity index (χ0v) is 18.2. The Balaban J connectivity index is 1.50. The highest BCUT2D eigenvalue weighted by Gasteiger charge is 2.31. The second kappa shape index (κ2) is 8.41. The molecule has 0 amide bonds. The summed E-state index contributed by atoms with van der Waals surface area (Å²) in [6, 6.07) is 10.8. The summed E-state index contributed by atoms with van der Waals surface area (Å²) in [4.78, 5) is 19.5. The van der Waals surface area contributed by atoms with Gasteiger partial charge in [-0.2, -0.15) is 0 Å². The van der Waals surface area contributed by atoms with Gasteiger partial charge in [-0.25, -0.2) is 9.78 Å². The third-order valence-corrected chi connectivity index (χ3v) is 6.31. The van der Waals surface area contributed by atoms with Gasteiger partial charge in [-0.1, -0.05) is 19.9 Å². The van der Waals surface area contributed by atoms with E-state index in [1.807, 2.05) is 36.7 Å². The van der Waals surface area contributed by atoms with Crippen LogP contribution in [0.1, 0.15) is 29.2 Å². The van der Waals surface area contributed by atoms with Crippen molar-refractivity contribution >= 4 is 45.7 Å². The van der Waals surface area contributed by atoms with Crippen LogP contribution >= 0.6 is 22.7 Å². The largest absolute Gasteiger partial charge is 0.510 e. The van der Waals surface area contributed by atoms with Crippen LogP contribution in [0.4, 0.5) is 5.69 Å². The van der Waals surface area contributed by atoms with Crippen molar-refractivity contribution in [1.82, 2.24) is 4.98 Å². The number of thiazole rings is 1. The molecule has 0 saturated carbocycles. The number of aromatic nitrogens is 1. The molecule has 0 spiro atoms. The van der Waals surface area contributed by atoms with Crippen molar-refractivity contribution in [2.75, 3.05) is 18.1 Å². The Morgan fingerprint density at radius 3 is 2.70 bits per heavy atom. The molecule has 154 valence electrons. The summed E-state index contributed by atoms with van der Waals surface area (Å²) in [5, 5.41) is 23.7. The van der Waals surface area contributed by atoms with E-state index in [4.69, 9.17) is 10.1 Å². The Hall–Kier alpha value is -2.97. The molecule has 30 heavy (non-hydrogen) atoms. The number of nitrogens with zero attached hydrogens (tertiary/aromatic N) is 2. The molecule has 1 aromatic carbocycles. The number of carbonyl (C=O) groups excluding carboxylic acids is 1. The average Bonchev–Trinajstić information content (AvgIpc) is 3.46. The summed E-state index contributed by atoms with van der Waals surface area (Å²) >= 11 is 3.02. The molecule has 0 atom stereocenters. The van der Waals surface area contributed by atoms with Crippen molar-refractivity contribution in [1.29, 1.82) is 5.41 Å². The van der Waals surface area contributed by atoms with E-state index in [2.05, 4.69) is 4.98 Å². The highest BCUT2D eigenvalue weighted by molar-refractivity contribution is 7.14. The van der Waals surface area contributed by atoms with Crippen LogP contribution in [0.5, 0.6) is 0 Å². The van der Waals surface area contributed by atoms with Gasteiger partial charge in [0.2, 0.25) is 0 Å². The molecule has 1 aliphatic heterocycles. The number of aliphatic hydroxyl groups excluding tert-OH is 1. The first-order valence-corrected chi connectivity index (χ1v) is 11.3. The summed E-state index contributed by atoms with van der Waals surface area (Å²) in [5.41, 5.74) is 2.48. The normalized spacial score (nSPS) is 14.1. The maximum absolute atomic E-state index is 12.1. The summed E-state index contributed by atoms with van der Waals surface area (Å²) in [6.45, 7) is 4.54. The van der Waals surface area contributed by atoms with E-state index in [-0.39, 0.29) is 30.0 Å². The van der Waals surface area contributed by atoms with Gasteiger partial charge in [0, 0.05) is 11.1 Å². The lowest BCUT2D eigenvalue weighted by Gasteiger charge is -2.18. The molecule has 0 unspecified atom stereocenters. The van der Waals surface area contributed by atoms with Crippen LogP contribution in [0, 0.1) is 11.3 Å². The second-order valence-corrected chi connectivity index (χ2v) is 9.12. The van der Waals surface area contributed by atoms with Gasteiger partial charge in [0.25, 0.3) is 0 Å². The Morgan fingerprint density at radius 1 is 1.27 bits per heavy atom. The number of carbonyl (C=O) groups is 1. The van der Waals surface area contributed by atoms with Gasteiger partial charge in [0.05, 0.1) is 34.9 Å². The van der Waals surface area contributed by atoms with Gasteiger partial charge in [-0.05, 0) is 41.6 Å². The third kappa shape index (κ3) is 4.01. The molecule has 6 nitrogen and oxygen atoms in total. The van der Waals surface area contributed by atoms with Crippen molar-refractivity contribution in [2.24, 2.45) is 5.92 Å². The van der Waals surface area contributed by atoms with E-state index in [1.54, 1.807) is 40.5 Å². The van der Waals surface area contributed by atoms with E-state index in [0.717, 1.165) is 16.3 Å². The zero-order chi connectivity index (χ0) is 21.3. The highest BCUT2D eigenvalue weighted by atomic mass is 32.1. The molecule has 0 bridgehead atoms. The lowest BCUT2D eigenvalue weighted by molar-refractivity contribution is 0.0459. The molecule has 2 aromatic heterocycles. The van der Waals surface area contributed by atoms with Gasteiger partial charge in [0.1, 0.15) is 16.6 Å². The summed E-state index contributed by atoms with van der Waals surface area (Å²) in [5.74, 6) is 0.219. The number of aliphatic hydroxyl groups is 1. The minimum atomic E-state index is -0.364. The first-order valence-electron chi connectivity index (χ1n) is 9.49. The lowest BCUT2D eigenvalue weighted by Crippen LogP contribution is -2.26. The van der Waals surface area contributed by atoms with Crippen molar-refractivity contribution in [3.63, 3.8) is 0 Å². The van der Waals surface area contributed by atoms with Crippen molar-refractivity contribution in [3.05, 3.63) is 63.5 Å². The minimum Gasteiger partial charge on any atom is -0.510 e. The number of esters is 1. The minimum absolute atomic E-state index is 0.118.